The zero-order valence-corrected chi connectivity index (χ0v) is 11.7. The quantitative estimate of drug-likeness (QED) is 0.887. The normalized spacial score (nSPS) is 10.5. The van der Waals surface area contributed by atoms with E-state index in [2.05, 4.69) is 26.2 Å². The Bertz CT molecular complexity index is 610. The van der Waals surface area contributed by atoms with Crippen molar-refractivity contribution < 1.29 is 18.7 Å². The molecule has 100 valence electrons. The van der Waals surface area contributed by atoms with Gasteiger partial charge in [-0.15, -0.1) is 11.3 Å². The molecule has 0 saturated carbocycles. The van der Waals surface area contributed by atoms with Crippen molar-refractivity contribution in [2.75, 3.05) is 5.32 Å². The summed E-state index contributed by atoms with van der Waals surface area (Å²) in [6.45, 7) is 0.0409. The fourth-order valence-electron chi connectivity index (χ4n) is 1.38. The van der Waals surface area contributed by atoms with E-state index in [0.717, 1.165) is 23.5 Å². The molecule has 2 rings (SSSR count). The van der Waals surface area contributed by atoms with E-state index < -0.39 is 17.6 Å². The number of hydrogen-bond donors (Lipinski definition) is 2. The lowest BCUT2D eigenvalue weighted by molar-refractivity contribution is 0.0696. The van der Waals surface area contributed by atoms with E-state index in [4.69, 9.17) is 5.11 Å². The van der Waals surface area contributed by atoms with Gasteiger partial charge in [-0.05, 0) is 12.1 Å². The van der Waals surface area contributed by atoms with Gasteiger partial charge in [0.1, 0.15) is 17.3 Å². The van der Waals surface area contributed by atoms with E-state index in [1.807, 2.05) is 0 Å². The smallest absolute Gasteiger partial charge is 0.365 e. The summed E-state index contributed by atoms with van der Waals surface area (Å²) in [4.78, 5) is 14.4. The van der Waals surface area contributed by atoms with Gasteiger partial charge in [-0.1, -0.05) is 15.9 Å². The first-order valence-electron chi connectivity index (χ1n) is 5.03. The molecule has 0 radical (unpaired) electrons. The monoisotopic (exact) mass is 348 g/mol. The standard InChI is InChI=1S/C11H7BrF2N2O2S/c12-5-1-7(13)9(8(14)2-5)15-3-6-4-19-10(16-6)11(17)18/h1-2,4,15H,3H2,(H,17,18). The summed E-state index contributed by atoms with van der Waals surface area (Å²) in [6, 6.07) is 2.27. The van der Waals surface area contributed by atoms with Crippen molar-refractivity contribution in [2.45, 2.75) is 6.54 Å². The van der Waals surface area contributed by atoms with Gasteiger partial charge in [-0.2, -0.15) is 0 Å². The number of nitrogens with zero attached hydrogens (tertiary/aromatic N) is 1. The Balaban J connectivity index is 2.12. The Morgan fingerprint density at radius 1 is 1.42 bits per heavy atom. The van der Waals surface area contributed by atoms with Gasteiger partial charge in [0.2, 0.25) is 5.01 Å². The molecule has 1 aromatic carbocycles. The molecule has 1 aromatic heterocycles. The molecule has 0 aliphatic carbocycles. The Morgan fingerprint density at radius 3 is 2.58 bits per heavy atom. The van der Waals surface area contributed by atoms with Gasteiger partial charge >= 0.3 is 5.97 Å². The van der Waals surface area contributed by atoms with Gasteiger partial charge in [0, 0.05) is 9.85 Å². The molecular formula is C11H7BrF2N2O2S. The number of anilines is 1. The predicted molar refractivity (Wildman–Crippen MR) is 70.5 cm³/mol. The van der Waals surface area contributed by atoms with Crippen LogP contribution in [0.15, 0.2) is 22.0 Å². The Kier molecular flexibility index (Phi) is 4.11. The van der Waals surface area contributed by atoms with Crippen LogP contribution in [0.1, 0.15) is 15.5 Å². The number of rotatable bonds is 4. The number of hydrogen-bond acceptors (Lipinski definition) is 4. The van der Waals surface area contributed by atoms with Crippen molar-refractivity contribution in [3.63, 3.8) is 0 Å². The molecule has 8 heteroatoms. The lowest BCUT2D eigenvalue weighted by atomic mass is 10.3. The van der Waals surface area contributed by atoms with Gasteiger partial charge in [-0.25, -0.2) is 18.6 Å². The molecule has 0 bridgehead atoms. The Labute approximate surface area is 119 Å². The Hall–Kier alpha value is -1.54. The fourth-order valence-corrected chi connectivity index (χ4v) is 2.43. The maximum Gasteiger partial charge on any atom is 0.365 e. The van der Waals surface area contributed by atoms with Gasteiger partial charge in [-0.3, -0.25) is 0 Å². The predicted octanol–water partition coefficient (Wildman–Crippen LogP) is 3.49. The first-order chi connectivity index (χ1) is 8.97. The average molecular weight is 349 g/mol. The highest BCUT2D eigenvalue weighted by Gasteiger charge is 2.12. The molecule has 19 heavy (non-hydrogen) atoms. The molecule has 0 fully saturated rings. The third kappa shape index (κ3) is 3.27. The second-order valence-electron chi connectivity index (χ2n) is 3.55. The second-order valence-corrected chi connectivity index (χ2v) is 5.32. The van der Waals surface area contributed by atoms with Crippen LogP contribution in [0.4, 0.5) is 14.5 Å². The highest BCUT2D eigenvalue weighted by molar-refractivity contribution is 9.10. The molecule has 0 atom stereocenters. The van der Waals surface area contributed by atoms with Crippen LogP contribution in [-0.2, 0) is 6.54 Å². The van der Waals surface area contributed by atoms with Crippen LogP contribution < -0.4 is 5.32 Å². The molecule has 0 aliphatic heterocycles. The topological polar surface area (TPSA) is 62.2 Å². The summed E-state index contributed by atoms with van der Waals surface area (Å²) >= 11 is 3.94. The van der Waals surface area contributed by atoms with E-state index in [1.54, 1.807) is 0 Å². The summed E-state index contributed by atoms with van der Waals surface area (Å²) in [7, 11) is 0. The third-order valence-electron chi connectivity index (χ3n) is 2.19. The van der Waals surface area contributed by atoms with Crippen LogP contribution in [0.2, 0.25) is 0 Å². The molecule has 2 N–H and O–H groups in total. The van der Waals surface area contributed by atoms with Crippen molar-refractivity contribution in [1.82, 2.24) is 4.98 Å². The first-order valence-corrected chi connectivity index (χ1v) is 6.70. The van der Waals surface area contributed by atoms with E-state index in [1.165, 1.54) is 5.38 Å². The molecular weight excluding hydrogens is 342 g/mol. The van der Waals surface area contributed by atoms with E-state index in [-0.39, 0.29) is 17.2 Å². The SMILES string of the molecule is O=C(O)c1nc(CNc2c(F)cc(Br)cc2F)cs1. The van der Waals surface area contributed by atoms with Crippen LogP contribution in [0.5, 0.6) is 0 Å². The number of aromatic nitrogens is 1. The van der Waals surface area contributed by atoms with Gasteiger partial charge < -0.3 is 10.4 Å². The summed E-state index contributed by atoms with van der Waals surface area (Å²) < 4.78 is 27.3. The highest BCUT2D eigenvalue weighted by atomic mass is 79.9. The average Bonchev–Trinajstić information content (AvgIpc) is 2.76. The van der Waals surface area contributed by atoms with Crippen LogP contribution in [0.3, 0.4) is 0 Å². The van der Waals surface area contributed by atoms with Crippen LogP contribution >= 0.6 is 27.3 Å². The number of nitrogens with one attached hydrogen (secondary N) is 1. The lowest BCUT2D eigenvalue weighted by Crippen LogP contribution is -2.05. The van der Waals surface area contributed by atoms with Gasteiger partial charge in [0.05, 0.1) is 12.2 Å². The Morgan fingerprint density at radius 2 is 2.05 bits per heavy atom. The minimum Gasteiger partial charge on any atom is -0.476 e. The molecule has 0 unspecified atom stereocenters. The number of carboxylic acids is 1. The number of carboxylic acid groups (broad SMARTS) is 1. The van der Waals surface area contributed by atoms with E-state index >= 15 is 0 Å². The first kappa shape index (κ1) is 13.9. The zero-order valence-electron chi connectivity index (χ0n) is 9.28. The van der Waals surface area contributed by atoms with Gasteiger partial charge in [0.25, 0.3) is 0 Å². The summed E-state index contributed by atoms with van der Waals surface area (Å²) in [5.74, 6) is -2.60. The minimum atomic E-state index is -1.13. The van der Waals surface area contributed by atoms with Crippen molar-refractivity contribution in [1.29, 1.82) is 0 Å². The maximum atomic E-state index is 13.5. The molecule has 0 saturated heterocycles. The zero-order chi connectivity index (χ0) is 14.0. The molecule has 2 aromatic rings. The van der Waals surface area contributed by atoms with Crippen molar-refractivity contribution in [2.24, 2.45) is 0 Å². The largest absolute Gasteiger partial charge is 0.476 e. The van der Waals surface area contributed by atoms with E-state index in [0.29, 0.717) is 10.2 Å². The van der Waals surface area contributed by atoms with Crippen molar-refractivity contribution >= 4 is 38.9 Å². The van der Waals surface area contributed by atoms with Crippen molar-refractivity contribution in [3.05, 3.63) is 44.3 Å². The third-order valence-corrected chi connectivity index (χ3v) is 3.52. The second kappa shape index (κ2) is 5.62. The summed E-state index contributed by atoms with van der Waals surface area (Å²) in [6.07, 6.45) is 0. The van der Waals surface area contributed by atoms with E-state index in [9.17, 15) is 13.6 Å². The number of carbonyl (C=O) groups is 1. The summed E-state index contributed by atoms with van der Waals surface area (Å²) in [5, 5.41) is 12.7. The van der Waals surface area contributed by atoms with Gasteiger partial charge in [0.15, 0.2) is 0 Å². The summed E-state index contributed by atoms with van der Waals surface area (Å²) in [5.41, 5.74) is 0.136. The molecule has 0 aliphatic rings. The number of thiazole rings is 1. The highest BCUT2D eigenvalue weighted by Crippen LogP contribution is 2.24. The van der Waals surface area contributed by atoms with Crippen LogP contribution in [0.25, 0.3) is 0 Å². The number of aromatic carboxylic acids is 1. The number of halogens is 3. The molecule has 4 nitrogen and oxygen atoms in total. The lowest BCUT2D eigenvalue weighted by Gasteiger charge is -2.07. The molecule has 0 amide bonds. The van der Waals surface area contributed by atoms with Crippen LogP contribution in [0, 0.1) is 11.6 Å². The molecule has 1 heterocycles. The number of benzene rings is 1. The maximum absolute atomic E-state index is 13.5. The fraction of sp³-hybridized carbons (Fsp3) is 0.0909. The molecule has 0 spiro atoms. The minimum absolute atomic E-state index is 0.0409. The van der Waals surface area contributed by atoms with Crippen LogP contribution in [-0.4, -0.2) is 16.1 Å². The van der Waals surface area contributed by atoms with Crippen molar-refractivity contribution in [3.8, 4) is 0 Å².